The van der Waals surface area contributed by atoms with Gasteiger partial charge in [-0.25, -0.2) is 0 Å². The number of fused-ring (bicyclic) bond motifs is 3. The Kier molecular flexibility index (Phi) is 1.49. The number of hydrogen-bond donors (Lipinski definition) is 0. The summed E-state index contributed by atoms with van der Waals surface area (Å²) in [7, 11) is 0. The molecule has 3 aliphatic carbocycles. The van der Waals surface area contributed by atoms with Gasteiger partial charge in [-0.15, -0.1) is 0 Å². The molecule has 0 aromatic heterocycles. The number of allylic oxidation sites excluding steroid dienone is 2. The van der Waals surface area contributed by atoms with E-state index in [2.05, 4.69) is 19.9 Å². The van der Waals surface area contributed by atoms with Crippen molar-refractivity contribution in [2.75, 3.05) is 0 Å². The molecule has 0 aliphatic heterocycles. The van der Waals surface area contributed by atoms with Crippen molar-refractivity contribution < 1.29 is 0 Å². The predicted molar refractivity (Wildman–Crippen MR) is 55.4 cm³/mol. The highest BCUT2D eigenvalue weighted by Gasteiger charge is 2.48. The third-order valence-electron chi connectivity index (χ3n) is 4.54. The van der Waals surface area contributed by atoms with Gasteiger partial charge >= 0.3 is 0 Å². The lowest BCUT2D eigenvalue weighted by Crippen LogP contribution is -2.08. The summed E-state index contributed by atoms with van der Waals surface area (Å²) in [6.07, 6.45) is 9.91. The minimum absolute atomic E-state index is 0.643. The lowest BCUT2D eigenvalue weighted by Gasteiger charge is -2.19. The van der Waals surface area contributed by atoms with Crippen LogP contribution in [0.3, 0.4) is 0 Å². The van der Waals surface area contributed by atoms with Gasteiger partial charge in [0, 0.05) is 0 Å². The summed E-state index contributed by atoms with van der Waals surface area (Å²) >= 11 is 0. The van der Waals surface area contributed by atoms with Crippen LogP contribution in [-0.2, 0) is 0 Å². The summed E-state index contributed by atoms with van der Waals surface area (Å²) in [4.78, 5) is 0. The van der Waals surface area contributed by atoms with Gasteiger partial charge in [-0.1, -0.05) is 25.5 Å². The molecule has 3 atom stereocenters. The van der Waals surface area contributed by atoms with Gasteiger partial charge in [0.25, 0.3) is 0 Å². The molecule has 3 unspecified atom stereocenters. The van der Waals surface area contributed by atoms with Gasteiger partial charge in [0.1, 0.15) is 0 Å². The largest absolute Gasteiger partial charge is 0.0847 e. The molecule has 0 aromatic rings. The van der Waals surface area contributed by atoms with Crippen LogP contribution < -0.4 is 0 Å². The summed E-state index contributed by atoms with van der Waals surface area (Å²) in [6, 6.07) is 0. The van der Waals surface area contributed by atoms with E-state index < -0.39 is 0 Å². The van der Waals surface area contributed by atoms with Gasteiger partial charge < -0.3 is 0 Å². The van der Waals surface area contributed by atoms with Crippen molar-refractivity contribution in [1.82, 2.24) is 0 Å². The second kappa shape index (κ2) is 2.40. The first-order valence-electron chi connectivity index (χ1n) is 5.86. The maximum absolute atomic E-state index is 2.57. The van der Waals surface area contributed by atoms with Gasteiger partial charge in [0.05, 0.1) is 0 Å². The van der Waals surface area contributed by atoms with E-state index in [1.54, 1.807) is 0 Å². The fourth-order valence-corrected chi connectivity index (χ4v) is 4.19. The van der Waals surface area contributed by atoms with Crippen LogP contribution in [0.2, 0.25) is 0 Å². The third kappa shape index (κ3) is 1.11. The maximum Gasteiger partial charge on any atom is -0.0167 e. The zero-order valence-corrected chi connectivity index (χ0v) is 8.84. The molecule has 2 fully saturated rings. The minimum atomic E-state index is 0.643. The molecular formula is C13H20. The third-order valence-corrected chi connectivity index (χ3v) is 4.54. The molecule has 0 aromatic carbocycles. The van der Waals surface area contributed by atoms with Crippen LogP contribution in [0.1, 0.15) is 46.0 Å². The van der Waals surface area contributed by atoms with Gasteiger partial charge in [-0.3, -0.25) is 0 Å². The Morgan fingerprint density at radius 2 is 2.15 bits per heavy atom. The van der Waals surface area contributed by atoms with Crippen molar-refractivity contribution in [3.63, 3.8) is 0 Å². The van der Waals surface area contributed by atoms with E-state index >= 15 is 0 Å². The highest BCUT2D eigenvalue weighted by Crippen LogP contribution is 2.59. The summed E-state index contributed by atoms with van der Waals surface area (Å²) in [5.41, 5.74) is 2.51. The molecule has 0 amide bonds. The van der Waals surface area contributed by atoms with Gasteiger partial charge in [0.2, 0.25) is 0 Å². The molecule has 0 radical (unpaired) electrons. The van der Waals surface area contributed by atoms with E-state index in [1.807, 2.05) is 5.57 Å². The lowest BCUT2D eigenvalue weighted by atomic mass is 9.86. The van der Waals surface area contributed by atoms with Crippen molar-refractivity contribution in [2.24, 2.45) is 23.2 Å². The first kappa shape index (κ1) is 8.08. The Hall–Kier alpha value is -0.260. The monoisotopic (exact) mass is 176 g/mol. The summed E-state index contributed by atoms with van der Waals surface area (Å²) in [6.45, 7) is 4.91. The maximum atomic E-state index is 2.57. The molecule has 13 heavy (non-hydrogen) atoms. The molecule has 0 heteroatoms. The van der Waals surface area contributed by atoms with E-state index in [4.69, 9.17) is 0 Å². The molecule has 0 saturated heterocycles. The van der Waals surface area contributed by atoms with Gasteiger partial charge in [0.15, 0.2) is 0 Å². The van der Waals surface area contributed by atoms with E-state index in [-0.39, 0.29) is 0 Å². The van der Waals surface area contributed by atoms with E-state index in [9.17, 15) is 0 Å². The molecule has 0 N–H and O–H groups in total. The first-order valence-corrected chi connectivity index (χ1v) is 5.86. The normalized spacial score (nSPS) is 46.0. The molecule has 0 heterocycles. The molecule has 2 saturated carbocycles. The molecule has 3 aliphatic rings. The first-order chi connectivity index (χ1) is 6.16. The lowest BCUT2D eigenvalue weighted by molar-refractivity contribution is 0.340. The van der Waals surface area contributed by atoms with Crippen molar-refractivity contribution in [1.29, 1.82) is 0 Å². The summed E-state index contributed by atoms with van der Waals surface area (Å²) < 4.78 is 0. The molecule has 0 spiro atoms. The Morgan fingerprint density at radius 3 is 3.00 bits per heavy atom. The molecule has 0 nitrogen and oxygen atoms in total. The molecule has 72 valence electrons. The van der Waals surface area contributed by atoms with Crippen molar-refractivity contribution in [3.8, 4) is 0 Å². The smallest absolute Gasteiger partial charge is 0.0167 e. The SMILES string of the molecule is CC1(C)CC2CC3CCC=C3C2C1. The molecule has 0 bridgehead atoms. The van der Waals surface area contributed by atoms with Crippen molar-refractivity contribution in [3.05, 3.63) is 11.6 Å². The van der Waals surface area contributed by atoms with Crippen LogP contribution >= 0.6 is 0 Å². The van der Waals surface area contributed by atoms with Crippen LogP contribution in [0.4, 0.5) is 0 Å². The van der Waals surface area contributed by atoms with Gasteiger partial charge in [-0.2, -0.15) is 0 Å². The van der Waals surface area contributed by atoms with E-state index in [0.717, 1.165) is 17.8 Å². The zero-order valence-electron chi connectivity index (χ0n) is 8.84. The van der Waals surface area contributed by atoms with Crippen molar-refractivity contribution >= 4 is 0 Å². The summed E-state index contributed by atoms with van der Waals surface area (Å²) in [5.74, 6) is 3.08. The topological polar surface area (TPSA) is 0 Å². The van der Waals surface area contributed by atoms with Crippen LogP contribution in [0.5, 0.6) is 0 Å². The minimum Gasteiger partial charge on any atom is -0.0847 e. The van der Waals surface area contributed by atoms with Crippen LogP contribution in [-0.4, -0.2) is 0 Å². The Labute approximate surface area is 81.4 Å². The summed E-state index contributed by atoms with van der Waals surface area (Å²) in [5, 5.41) is 0. The Balaban J connectivity index is 1.88. The Morgan fingerprint density at radius 1 is 1.31 bits per heavy atom. The van der Waals surface area contributed by atoms with Crippen LogP contribution in [0, 0.1) is 23.2 Å². The van der Waals surface area contributed by atoms with Crippen LogP contribution in [0.25, 0.3) is 0 Å². The second-order valence-electron chi connectivity index (χ2n) is 6.15. The van der Waals surface area contributed by atoms with Crippen LogP contribution in [0.15, 0.2) is 11.6 Å². The number of hydrogen-bond acceptors (Lipinski definition) is 0. The quantitative estimate of drug-likeness (QED) is 0.493. The average Bonchev–Trinajstić information content (AvgIpc) is 2.58. The predicted octanol–water partition coefficient (Wildman–Crippen LogP) is 3.78. The zero-order chi connectivity index (χ0) is 9.05. The Bertz CT molecular complexity index is 259. The molecular weight excluding hydrogens is 156 g/mol. The standard InChI is InChI=1S/C13H20/c1-13(2)7-10-6-9-4-3-5-11(9)12(10)8-13/h5,9-10,12H,3-4,6-8H2,1-2H3. The highest BCUT2D eigenvalue weighted by molar-refractivity contribution is 5.24. The number of rotatable bonds is 0. The van der Waals surface area contributed by atoms with Gasteiger partial charge in [-0.05, 0) is 55.3 Å². The second-order valence-corrected chi connectivity index (χ2v) is 6.15. The highest BCUT2D eigenvalue weighted by atomic mass is 14.5. The molecule has 3 rings (SSSR count). The average molecular weight is 176 g/mol. The fourth-order valence-electron chi connectivity index (χ4n) is 4.19. The van der Waals surface area contributed by atoms with Crippen molar-refractivity contribution in [2.45, 2.75) is 46.0 Å². The van der Waals surface area contributed by atoms with E-state index in [0.29, 0.717) is 5.41 Å². The van der Waals surface area contributed by atoms with E-state index in [1.165, 1.54) is 32.1 Å². The fraction of sp³-hybridized carbons (Fsp3) is 0.846.